The number of carbonyl (C=O) groups excluding carboxylic acids is 1. The molecule has 6 rings (SSSR count). The number of fused-ring (bicyclic) bond motifs is 1. The molecule has 10 heteroatoms. The molecule has 37 heavy (non-hydrogen) atoms. The molecule has 9 nitrogen and oxygen atoms in total. The van der Waals surface area contributed by atoms with Gasteiger partial charge in [-0.3, -0.25) is 10.1 Å². The van der Waals surface area contributed by atoms with E-state index in [0.29, 0.717) is 28.5 Å². The molecule has 1 fully saturated rings. The third-order valence-electron chi connectivity index (χ3n) is 6.75. The summed E-state index contributed by atoms with van der Waals surface area (Å²) in [7, 11) is 2.12. The number of nitrogens with zero attached hydrogens (tertiary/aromatic N) is 5. The van der Waals surface area contributed by atoms with Crippen LogP contribution < -0.4 is 14.8 Å². The third-order valence-corrected chi connectivity index (χ3v) is 6.75. The molecule has 4 aromatic rings. The minimum absolute atomic E-state index is 0.132. The zero-order valence-corrected chi connectivity index (χ0v) is 20.2. The van der Waals surface area contributed by atoms with Crippen molar-refractivity contribution >= 4 is 11.9 Å². The van der Waals surface area contributed by atoms with Crippen molar-refractivity contribution in [3.63, 3.8) is 0 Å². The third kappa shape index (κ3) is 4.63. The van der Waals surface area contributed by atoms with Gasteiger partial charge in [-0.2, -0.15) is 0 Å². The average molecular weight is 501 g/mol. The molecule has 0 saturated carbocycles. The molecule has 0 bridgehead atoms. The molecule has 1 amide bonds. The van der Waals surface area contributed by atoms with E-state index in [-0.39, 0.29) is 30.5 Å². The number of benzene rings is 2. The summed E-state index contributed by atoms with van der Waals surface area (Å²) in [6.45, 7) is 2.09. The van der Waals surface area contributed by atoms with Crippen molar-refractivity contribution in [3.05, 3.63) is 72.4 Å². The summed E-state index contributed by atoms with van der Waals surface area (Å²) in [5.41, 5.74) is 3.31. The molecule has 1 N–H and O–H groups in total. The maximum atomic E-state index is 13.6. The maximum absolute atomic E-state index is 13.6. The van der Waals surface area contributed by atoms with Crippen molar-refractivity contribution in [1.82, 2.24) is 24.4 Å². The maximum Gasteiger partial charge on any atom is 0.258 e. The van der Waals surface area contributed by atoms with Crippen molar-refractivity contribution in [3.8, 4) is 34.1 Å². The SMILES string of the molecule is CN1CCC(n2cnc(-c3ccc(F)cc3)c2-c2ccnc(NC(=O)c3ccc4c(c3)OCO4)n2)CC1. The molecule has 0 spiro atoms. The molecule has 2 aliphatic heterocycles. The highest BCUT2D eigenvalue weighted by atomic mass is 19.1. The summed E-state index contributed by atoms with van der Waals surface area (Å²) in [4.78, 5) is 28.9. The molecule has 2 aromatic heterocycles. The van der Waals surface area contributed by atoms with Crippen LogP contribution in [0, 0.1) is 5.82 Å². The number of halogens is 1. The molecular weight excluding hydrogens is 475 g/mol. The Hall–Kier alpha value is -4.31. The number of aromatic nitrogens is 4. The van der Waals surface area contributed by atoms with E-state index in [1.54, 1.807) is 42.6 Å². The molecule has 2 aliphatic rings. The number of hydrogen-bond donors (Lipinski definition) is 1. The standard InChI is InChI=1S/C27H25FN6O3/c1-33-12-9-20(10-13-33)34-15-30-24(17-2-5-19(28)6-3-17)25(34)21-8-11-29-27(31-21)32-26(35)18-4-7-22-23(14-18)37-16-36-22/h2-8,11,14-15,20H,9-10,12-13,16H2,1H3,(H,29,31,32,35). The van der Waals surface area contributed by atoms with E-state index >= 15 is 0 Å². The molecule has 0 radical (unpaired) electrons. The van der Waals surface area contributed by atoms with E-state index in [4.69, 9.17) is 14.5 Å². The van der Waals surface area contributed by atoms with Gasteiger partial charge >= 0.3 is 0 Å². The predicted molar refractivity (Wildman–Crippen MR) is 135 cm³/mol. The van der Waals surface area contributed by atoms with Gasteiger partial charge in [0.05, 0.1) is 23.4 Å². The van der Waals surface area contributed by atoms with Gasteiger partial charge in [0.15, 0.2) is 11.5 Å². The van der Waals surface area contributed by atoms with E-state index in [0.717, 1.165) is 37.2 Å². The van der Waals surface area contributed by atoms with Crippen LogP contribution >= 0.6 is 0 Å². The van der Waals surface area contributed by atoms with E-state index in [9.17, 15) is 9.18 Å². The van der Waals surface area contributed by atoms with Crippen molar-refractivity contribution in [1.29, 1.82) is 0 Å². The summed E-state index contributed by atoms with van der Waals surface area (Å²) >= 11 is 0. The Kier molecular flexibility index (Phi) is 6.01. The smallest absolute Gasteiger partial charge is 0.258 e. The van der Waals surface area contributed by atoms with Gasteiger partial charge in [0.2, 0.25) is 12.7 Å². The van der Waals surface area contributed by atoms with E-state index in [2.05, 4.69) is 31.8 Å². The number of ether oxygens (including phenoxy) is 2. The number of piperidine rings is 1. The Morgan fingerprint density at radius 3 is 2.62 bits per heavy atom. The largest absolute Gasteiger partial charge is 0.454 e. The van der Waals surface area contributed by atoms with Gasteiger partial charge in [0.1, 0.15) is 5.82 Å². The fourth-order valence-electron chi connectivity index (χ4n) is 4.75. The summed E-state index contributed by atoms with van der Waals surface area (Å²) in [5.74, 6) is 0.619. The minimum atomic E-state index is -0.363. The van der Waals surface area contributed by atoms with Crippen LogP contribution in [-0.4, -0.2) is 57.3 Å². The summed E-state index contributed by atoms with van der Waals surface area (Å²) in [6.07, 6.45) is 5.39. The van der Waals surface area contributed by atoms with Crippen molar-refractivity contribution in [2.24, 2.45) is 0 Å². The molecule has 0 unspecified atom stereocenters. The van der Waals surface area contributed by atoms with Crippen LogP contribution in [0.1, 0.15) is 29.2 Å². The lowest BCUT2D eigenvalue weighted by atomic mass is 10.0. The lowest BCUT2D eigenvalue weighted by Gasteiger charge is -2.30. The Morgan fingerprint density at radius 1 is 1.03 bits per heavy atom. The number of carbonyl (C=O) groups is 1. The van der Waals surface area contributed by atoms with Gasteiger partial charge in [-0.1, -0.05) is 0 Å². The number of likely N-dealkylation sites (tertiary alicyclic amines) is 1. The lowest BCUT2D eigenvalue weighted by molar-refractivity contribution is 0.102. The summed E-state index contributed by atoms with van der Waals surface area (Å²) < 4.78 is 26.5. The van der Waals surface area contributed by atoms with Crippen LogP contribution in [0.15, 0.2) is 61.1 Å². The van der Waals surface area contributed by atoms with Crippen molar-refractivity contribution in [2.75, 3.05) is 32.2 Å². The topological polar surface area (TPSA) is 94.4 Å². The number of nitrogens with one attached hydrogen (secondary N) is 1. The van der Waals surface area contributed by atoms with Crippen LogP contribution in [0.3, 0.4) is 0 Å². The number of imidazole rings is 1. The van der Waals surface area contributed by atoms with Crippen molar-refractivity contribution < 1.29 is 18.7 Å². The molecule has 2 aromatic carbocycles. The van der Waals surface area contributed by atoms with Gasteiger partial charge < -0.3 is 18.9 Å². The summed E-state index contributed by atoms with van der Waals surface area (Å²) in [5, 5.41) is 2.78. The summed E-state index contributed by atoms with van der Waals surface area (Å²) in [6, 6.07) is 13.3. The van der Waals surface area contributed by atoms with Gasteiger partial charge in [-0.15, -0.1) is 0 Å². The second-order valence-electron chi connectivity index (χ2n) is 9.18. The van der Waals surface area contributed by atoms with E-state index < -0.39 is 0 Å². The zero-order chi connectivity index (χ0) is 25.4. The first-order valence-corrected chi connectivity index (χ1v) is 12.1. The van der Waals surface area contributed by atoms with Crippen LogP contribution in [0.2, 0.25) is 0 Å². The fourth-order valence-corrected chi connectivity index (χ4v) is 4.75. The Bertz CT molecular complexity index is 1450. The molecule has 188 valence electrons. The van der Waals surface area contributed by atoms with Gasteiger partial charge in [0, 0.05) is 23.4 Å². The van der Waals surface area contributed by atoms with Crippen LogP contribution in [0.25, 0.3) is 22.6 Å². The number of anilines is 1. The zero-order valence-electron chi connectivity index (χ0n) is 20.2. The van der Waals surface area contributed by atoms with Gasteiger partial charge in [-0.05, 0) is 81.5 Å². The molecular formula is C27H25FN6O3. The van der Waals surface area contributed by atoms with Gasteiger partial charge in [-0.25, -0.2) is 19.3 Å². The highest BCUT2D eigenvalue weighted by molar-refractivity contribution is 6.03. The Morgan fingerprint density at radius 2 is 1.81 bits per heavy atom. The first kappa shape index (κ1) is 23.1. The highest BCUT2D eigenvalue weighted by Gasteiger charge is 2.25. The van der Waals surface area contributed by atoms with Gasteiger partial charge in [0.25, 0.3) is 5.91 Å². The highest BCUT2D eigenvalue weighted by Crippen LogP contribution is 2.36. The molecule has 1 saturated heterocycles. The average Bonchev–Trinajstić information content (AvgIpc) is 3.57. The van der Waals surface area contributed by atoms with Crippen LogP contribution in [0.5, 0.6) is 11.5 Å². The van der Waals surface area contributed by atoms with E-state index in [1.807, 2.05) is 6.33 Å². The first-order chi connectivity index (χ1) is 18.0. The van der Waals surface area contributed by atoms with Crippen LogP contribution in [-0.2, 0) is 0 Å². The molecule has 0 atom stereocenters. The first-order valence-electron chi connectivity index (χ1n) is 12.1. The second-order valence-corrected chi connectivity index (χ2v) is 9.18. The molecule has 4 heterocycles. The minimum Gasteiger partial charge on any atom is -0.454 e. The number of hydrogen-bond acceptors (Lipinski definition) is 7. The normalized spacial score (nSPS) is 15.6. The predicted octanol–water partition coefficient (Wildman–Crippen LogP) is 4.39. The fraction of sp³-hybridized carbons (Fsp3) is 0.259. The van der Waals surface area contributed by atoms with E-state index in [1.165, 1.54) is 12.1 Å². The quantitative estimate of drug-likeness (QED) is 0.434. The Balaban J connectivity index is 1.35. The second kappa shape index (κ2) is 9.62. The van der Waals surface area contributed by atoms with Crippen LogP contribution in [0.4, 0.5) is 10.3 Å². The monoisotopic (exact) mass is 500 g/mol. The Labute approximate surface area is 212 Å². The number of amides is 1. The lowest BCUT2D eigenvalue weighted by Crippen LogP contribution is -2.31. The number of rotatable bonds is 5. The molecule has 0 aliphatic carbocycles. The van der Waals surface area contributed by atoms with Crippen molar-refractivity contribution in [2.45, 2.75) is 18.9 Å².